The molecule has 3 unspecified atom stereocenters. The maximum Gasteiger partial charge on any atom is 0.207 e. The van der Waals surface area contributed by atoms with Gasteiger partial charge in [-0.1, -0.05) is 123 Å². The number of para-hydroxylation sites is 2. The van der Waals surface area contributed by atoms with Crippen molar-refractivity contribution >= 4 is 330 Å². The number of nitrogens with one attached hydrogen (secondary N) is 24. The highest BCUT2D eigenvalue weighted by molar-refractivity contribution is 7.82. The van der Waals surface area contributed by atoms with Gasteiger partial charge in [-0.25, -0.2) is 4.99 Å². The van der Waals surface area contributed by atoms with Gasteiger partial charge in [0.2, 0.25) is 21.4 Å². The van der Waals surface area contributed by atoms with Crippen LogP contribution >= 0.6 is 268 Å². The third-order valence-corrected chi connectivity index (χ3v) is 17.5. The molecule has 104 heavy (non-hydrogen) atoms. The first-order valence-corrected chi connectivity index (χ1v) is 38.3. The molecule has 31 N–H and O–H groups in total. The Kier molecular flexibility index (Phi) is 40.4. The number of aliphatic hydroxyl groups excluding tert-OH is 1. The number of anilines is 5. The summed E-state index contributed by atoms with van der Waals surface area (Å²) in [7, 11) is 0. The molecule has 0 aliphatic carbocycles. The van der Waals surface area contributed by atoms with Crippen LogP contribution in [0.25, 0.3) is 11.0 Å². The molecule has 0 radical (unpaired) electrons. The number of hydrogen-bond acceptors (Lipinski definition) is 31. The second-order valence-corrected chi connectivity index (χ2v) is 29.8. The van der Waals surface area contributed by atoms with Crippen molar-refractivity contribution in [1.82, 2.24) is 126 Å². The largest absolute Gasteiger partial charge is 0.393 e. The van der Waals surface area contributed by atoms with Crippen molar-refractivity contribution < 1.29 is 5.11 Å². The topological polar surface area (TPSA) is 500 Å². The quantitative estimate of drug-likeness (QED) is 0.0659. The Morgan fingerprint density at radius 1 is 0.510 bits per heavy atom. The van der Waals surface area contributed by atoms with Crippen molar-refractivity contribution in [2.75, 3.05) is 40.5 Å². The minimum atomic E-state index is -0.818. The number of imidazole rings is 1. The van der Waals surface area contributed by atoms with Crippen LogP contribution < -0.4 is 48.7 Å². The third kappa shape index (κ3) is 34.5. The van der Waals surface area contributed by atoms with Gasteiger partial charge in [-0.15, -0.1) is 0 Å². The number of thiocarbonyl (C=S) groups is 3. The zero-order valence-corrected chi connectivity index (χ0v) is 71.5. The molecule has 0 amide bonds. The second kappa shape index (κ2) is 46.7. The van der Waals surface area contributed by atoms with E-state index in [4.69, 9.17) is 249 Å². The van der Waals surface area contributed by atoms with E-state index in [2.05, 4.69) is 180 Å². The Morgan fingerprint density at radius 2 is 1.02 bits per heavy atom. The minimum absolute atomic E-state index is 0.0174. The van der Waals surface area contributed by atoms with Gasteiger partial charge < -0.3 is 139 Å². The van der Waals surface area contributed by atoms with Gasteiger partial charge in [0.25, 0.3) is 0 Å². The molecule has 1 aromatic carbocycles. The third-order valence-electron chi connectivity index (χ3n) is 11.7. The number of aliphatic imine (C=N–C) groups is 1. The number of aromatic amines is 19. The number of nitrogens with two attached hydrogens (primary N) is 3. The number of aryl methyl sites for hydroxylation is 1. The first kappa shape index (κ1) is 90.1. The number of rotatable bonds is 7. The Labute approximate surface area is 700 Å². The minimum Gasteiger partial charge on any atom is -0.393 e. The summed E-state index contributed by atoms with van der Waals surface area (Å²) >= 11 is 103. The van der Waals surface area contributed by atoms with Crippen molar-refractivity contribution in [1.29, 1.82) is 0 Å². The van der Waals surface area contributed by atoms with Crippen molar-refractivity contribution in [2.45, 2.75) is 64.9 Å². The summed E-state index contributed by atoms with van der Waals surface area (Å²) in [6, 6.07) is 11.4. The lowest BCUT2D eigenvalue weighted by atomic mass is 10.2. The van der Waals surface area contributed by atoms with E-state index >= 15 is 0 Å². The molecule has 0 bridgehead atoms. The van der Waals surface area contributed by atoms with Crippen molar-refractivity contribution in [3.05, 3.63) is 138 Å². The van der Waals surface area contributed by atoms with Crippen LogP contribution in [0.4, 0.5) is 29.2 Å². The number of fused-ring (bicyclic) bond motifs is 3. The van der Waals surface area contributed by atoms with Crippen molar-refractivity contribution in [3.8, 4) is 0 Å². The fourth-order valence-corrected chi connectivity index (χ4v) is 13.0. The molecule has 12 heterocycles. The van der Waals surface area contributed by atoms with E-state index in [1.165, 1.54) is 24.2 Å². The zero-order chi connectivity index (χ0) is 77.3. The van der Waals surface area contributed by atoms with Gasteiger partial charge in [0, 0.05) is 25.0 Å². The molecule has 0 saturated carbocycles. The number of benzene rings is 1. The van der Waals surface area contributed by atoms with Crippen LogP contribution in [0.2, 0.25) is 0 Å². The maximum absolute atomic E-state index is 9.41. The Morgan fingerprint density at radius 3 is 1.49 bits per heavy atom. The summed E-state index contributed by atoms with van der Waals surface area (Å²) in [4.78, 5) is 62.2. The summed E-state index contributed by atoms with van der Waals surface area (Å²) < 4.78 is 9.31. The average molecular weight is 1820 g/mol. The van der Waals surface area contributed by atoms with E-state index in [1.54, 1.807) is 18.6 Å². The zero-order valence-electron chi connectivity index (χ0n) is 53.5. The Bertz CT molecular complexity index is 5400. The number of H-pyrrole nitrogens is 19. The molecule has 54 heteroatoms. The molecule has 13 rings (SSSR count). The molecular formula is C50H63N31OS22. The summed E-state index contributed by atoms with van der Waals surface area (Å²) in [5, 5.41) is 30.0. The van der Waals surface area contributed by atoms with Crippen LogP contribution in [0.1, 0.15) is 57.1 Å². The van der Waals surface area contributed by atoms with Crippen molar-refractivity contribution in [3.63, 3.8) is 0 Å². The number of nitrogens with zero attached hydrogens (tertiary/aromatic N) is 4. The Hall–Kier alpha value is -6.34. The summed E-state index contributed by atoms with van der Waals surface area (Å²) in [6.07, 6.45) is 7.16. The van der Waals surface area contributed by atoms with Gasteiger partial charge in [0.15, 0.2) is 67.3 Å². The fraction of sp³-hybridized carbons (Fsp3) is 0.240. The molecule has 1 saturated heterocycles. The van der Waals surface area contributed by atoms with Crippen LogP contribution in [0, 0.1) is 90.5 Å². The van der Waals surface area contributed by atoms with E-state index in [0.29, 0.717) is 122 Å². The van der Waals surface area contributed by atoms with Crippen LogP contribution in [-0.2, 0) is 0 Å². The summed E-state index contributed by atoms with van der Waals surface area (Å²) in [6.45, 7) is 8.27. The molecule has 3 atom stereocenters. The van der Waals surface area contributed by atoms with E-state index < -0.39 is 6.23 Å². The van der Waals surface area contributed by atoms with E-state index in [-0.39, 0.29) is 18.2 Å². The number of aliphatic hydroxyl groups is 1. The van der Waals surface area contributed by atoms with Gasteiger partial charge in [-0.2, -0.15) is 9.97 Å². The van der Waals surface area contributed by atoms with Crippen molar-refractivity contribution in [2.24, 2.45) is 4.99 Å². The predicted molar refractivity (Wildman–Crippen MR) is 472 cm³/mol. The van der Waals surface area contributed by atoms with Crippen LogP contribution in [0.3, 0.4) is 0 Å². The monoisotopic (exact) mass is 1820 g/mol. The molecule has 3 aliphatic heterocycles. The van der Waals surface area contributed by atoms with Gasteiger partial charge in [0.05, 0.1) is 17.4 Å². The highest BCUT2D eigenvalue weighted by Crippen LogP contribution is 2.21. The summed E-state index contributed by atoms with van der Waals surface area (Å²) in [5.74, 6) is 1.97. The lowest BCUT2D eigenvalue weighted by Gasteiger charge is -2.28. The van der Waals surface area contributed by atoms with Crippen LogP contribution in [0.15, 0.2) is 47.6 Å². The smallest absolute Gasteiger partial charge is 0.207 e. The van der Waals surface area contributed by atoms with Crippen LogP contribution in [0.5, 0.6) is 0 Å². The number of unbranched alkanes of at least 4 members (excludes halogenated alkanes) is 2. The lowest BCUT2D eigenvalue weighted by molar-refractivity contribution is 0.158. The van der Waals surface area contributed by atoms with Gasteiger partial charge in [0.1, 0.15) is 63.4 Å². The molecule has 32 nitrogen and oxygen atoms in total. The standard InChI is InChI=1S/C11H20N4S2.C8H6N2S2.C5H6N4OS2.C5H6N4S2.C5H6N2S2.C4H6N4S2.C4H4N2S2.C3H4N4S2.C3H3N3S3.C2H2N2S3/c1-3-5-7-15(8-6-4-2)9-12-10(16)14-11(17)13-9;11-7-8(12)10-6-4-2-1-3-5(6)9-7;10-3-1-2(7-4(11)6-1)8-5(12)9-3;10-4-2-3(7-1-6-2)8-5(11)9-4;1-3-2-4(8)7-5(9)6-3;5-1-2(6)7-4(10)8-3(1)9;7-3-1-2-5-4(8)6-3;4-1-5-2(8)7-3(9)6-1;7-1-4-2(8)6-3(9)5-1;5-1-3-4-2(6)7-1/h3-8H2,1-2H3,(H2,12,13,14,16,17);1-4H,(H,9,11)(H,10,12);3,10H,(H2,6,7,11)(H2,8,9,12);1-3H,(H,6,7)(H2,8,9,10,11);2H,1H3,(H2,6,7,8,9);5H2,(H4,6,7,8,9,10);1-2H,(H2,5,6,7,8);(H4,4,5,6,7,8,9);(H3,4,5,6,7,8,9);(H,3,5)(H,4,6). The second-order valence-electron chi connectivity index (χ2n) is 19.6. The van der Waals surface area contributed by atoms with Gasteiger partial charge >= 0.3 is 0 Å². The van der Waals surface area contributed by atoms with Gasteiger partial charge in [-0.3, -0.25) is 10.2 Å². The highest BCUT2D eigenvalue weighted by atomic mass is 32.2. The normalized spacial score (nSPS) is 13.6. The van der Waals surface area contributed by atoms with E-state index in [0.717, 1.165) is 48.6 Å². The molecule has 0 spiro atoms. The molecule has 1 fully saturated rings. The number of aromatic nitrogens is 21. The Balaban J connectivity index is 0.000000247. The first-order valence-electron chi connectivity index (χ1n) is 28.9. The van der Waals surface area contributed by atoms with E-state index in [1.807, 2.05) is 37.3 Å². The van der Waals surface area contributed by atoms with E-state index in [9.17, 15) is 5.11 Å². The van der Waals surface area contributed by atoms with Crippen LogP contribution in [-0.4, -0.2) is 157 Å². The maximum atomic E-state index is 9.41. The number of hydrogen-bond donors (Lipinski definition) is 28. The SMILES string of the molecule is CCCCN(CCCC)c1nc(=S)[nH]c(=S)[nH]1.Cc1cc(=S)[nH]c(=S)[nH]1.Nc1[nH]c(=S)[nH]c(=S)c1N.Nc1nc(=S)[nH]c(=S)[nH]1.OC1NC(=S)Nc2[nH]c(=S)[nH]c21.S=C1NC(=S)C2NC=NC2N1.S=c1[nH][nH]c(=S)s1.S=c1[nH]c(=S)[nH]c(=S)[nH]1.S=c1[nH]c2ccccc2[nH]c1=S.S=c1cc[nH]c(=S)[nH]1. The average Bonchev–Trinajstić information content (AvgIpc) is 1.43. The predicted octanol–water partition coefficient (Wildman–Crippen LogP) is 15.4. The molecule has 3 aliphatic rings. The molecule has 9 aromatic heterocycles. The highest BCUT2D eigenvalue weighted by Gasteiger charge is 2.32. The van der Waals surface area contributed by atoms with Gasteiger partial charge in [-0.05, 0) is 227 Å². The molecular weight excluding hydrogens is 1760 g/mol. The first-order chi connectivity index (χ1) is 49.1. The molecule has 10 aromatic rings. The fourth-order valence-electron chi connectivity index (χ4n) is 7.28. The lowest BCUT2D eigenvalue weighted by Crippen LogP contribution is -2.61. The number of nitrogen functional groups attached to an aromatic ring is 3. The molecule has 556 valence electrons. The summed E-state index contributed by atoms with van der Waals surface area (Å²) in [5.41, 5.74) is 19.9.